The van der Waals surface area contributed by atoms with Gasteiger partial charge in [-0.05, 0) is 58.5 Å². The molecule has 142 valence electrons. The first-order chi connectivity index (χ1) is 13.5. The number of nitrogens with zero attached hydrogens (tertiary/aromatic N) is 3. The molecule has 0 radical (unpaired) electrons. The summed E-state index contributed by atoms with van der Waals surface area (Å²) in [5.41, 5.74) is 4.45. The van der Waals surface area contributed by atoms with Gasteiger partial charge in [0.25, 0.3) is 5.69 Å². The van der Waals surface area contributed by atoms with Gasteiger partial charge in [-0.3, -0.25) is 15.5 Å². The maximum absolute atomic E-state index is 10.6. The lowest BCUT2D eigenvalue weighted by Gasteiger charge is -2.10. The average molecular weight is 509 g/mol. The Morgan fingerprint density at radius 2 is 2.07 bits per heavy atom. The number of anilines is 1. The van der Waals surface area contributed by atoms with Crippen molar-refractivity contribution >= 4 is 51.9 Å². The summed E-state index contributed by atoms with van der Waals surface area (Å²) in [7, 11) is 0. The van der Waals surface area contributed by atoms with Crippen LogP contribution < -0.4 is 10.2 Å². The molecule has 0 spiro atoms. The van der Waals surface area contributed by atoms with Crippen molar-refractivity contribution in [3.63, 3.8) is 0 Å². The standard InChI is InChI=1S/C19H14ClIN4O3/c20-16-4-2-1-3-14(16)12-28-18-7-5-13(9-17(18)21)10-23-24-19-8-6-15(11-22-19)25(26)27/h1-11H,12H2,(H,22,24)/b23-10+. The van der Waals surface area contributed by atoms with Crippen molar-refractivity contribution in [1.82, 2.24) is 4.98 Å². The zero-order chi connectivity index (χ0) is 19.9. The number of hydrazone groups is 1. The van der Waals surface area contributed by atoms with Crippen molar-refractivity contribution in [2.45, 2.75) is 6.61 Å². The summed E-state index contributed by atoms with van der Waals surface area (Å²) in [6.45, 7) is 0.385. The van der Waals surface area contributed by atoms with Crippen LogP contribution in [0, 0.1) is 13.7 Å². The number of benzene rings is 2. The molecule has 3 aromatic rings. The van der Waals surface area contributed by atoms with E-state index >= 15 is 0 Å². The van der Waals surface area contributed by atoms with E-state index in [1.807, 2.05) is 42.5 Å². The molecule has 1 heterocycles. The highest BCUT2D eigenvalue weighted by atomic mass is 127. The smallest absolute Gasteiger partial charge is 0.287 e. The number of hydrogen-bond acceptors (Lipinski definition) is 6. The van der Waals surface area contributed by atoms with Gasteiger partial charge in [-0.15, -0.1) is 0 Å². The monoisotopic (exact) mass is 508 g/mol. The molecule has 0 saturated heterocycles. The largest absolute Gasteiger partial charge is 0.488 e. The average Bonchev–Trinajstić information content (AvgIpc) is 2.69. The van der Waals surface area contributed by atoms with Gasteiger partial charge >= 0.3 is 0 Å². The Balaban J connectivity index is 1.59. The van der Waals surface area contributed by atoms with Gasteiger partial charge in [0.1, 0.15) is 24.4 Å². The van der Waals surface area contributed by atoms with Crippen molar-refractivity contribution in [2.75, 3.05) is 5.43 Å². The number of nitrogens with one attached hydrogen (secondary N) is 1. The molecule has 1 aromatic heterocycles. The molecule has 0 aliphatic carbocycles. The fraction of sp³-hybridized carbons (Fsp3) is 0.0526. The number of halogens is 2. The molecule has 0 unspecified atom stereocenters. The number of aromatic nitrogens is 1. The summed E-state index contributed by atoms with van der Waals surface area (Å²) in [4.78, 5) is 14.0. The van der Waals surface area contributed by atoms with Crippen LogP contribution in [0.1, 0.15) is 11.1 Å². The molecule has 7 nitrogen and oxygen atoms in total. The Kier molecular flexibility index (Phi) is 6.77. The predicted molar refractivity (Wildman–Crippen MR) is 117 cm³/mol. The lowest BCUT2D eigenvalue weighted by molar-refractivity contribution is -0.385. The van der Waals surface area contributed by atoms with E-state index < -0.39 is 4.92 Å². The molecule has 1 N–H and O–H groups in total. The third kappa shape index (κ3) is 5.40. The summed E-state index contributed by atoms with van der Waals surface area (Å²) in [6, 6.07) is 16.1. The molecule has 2 aromatic carbocycles. The minimum atomic E-state index is -0.503. The zero-order valence-corrected chi connectivity index (χ0v) is 17.3. The molecule has 0 aliphatic heterocycles. The van der Waals surface area contributed by atoms with E-state index in [4.69, 9.17) is 16.3 Å². The van der Waals surface area contributed by atoms with Crippen LogP contribution in [0.2, 0.25) is 5.02 Å². The molecule has 0 aliphatic rings. The van der Waals surface area contributed by atoms with E-state index in [0.29, 0.717) is 17.4 Å². The number of rotatable bonds is 7. The van der Waals surface area contributed by atoms with Crippen molar-refractivity contribution in [3.8, 4) is 5.75 Å². The Bertz CT molecular complexity index is 1010. The highest BCUT2D eigenvalue weighted by Crippen LogP contribution is 2.24. The second kappa shape index (κ2) is 9.47. The summed E-state index contributed by atoms with van der Waals surface area (Å²) in [6.07, 6.45) is 2.80. The van der Waals surface area contributed by atoms with Crippen molar-refractivity contribution in [3.05, 3.63) is 90.6 Å². The van der Waals surface area contributed by atoms with Gasteiger partial charge < -0.3 is 4.74 Å². The Hall–Kier alpha value is -2.72. The topological polar surface area (TPSA) is 89.7 Å². The van der Waals surface area contributed by atoms with Crippen LogP contribution in [0.15, 0.2) is 65.9 Å². The number of nitro groups is 1. The highest BCUT2D eigenvalue weighted by Gasteiger charge is 2.06. The maximum atomic E-state index is 10.6. The number of hydrogen-bond donors (Lipinski definition) is 1. The van der Waals surface area contributed by atoms with Gasteiger partial charge in [-0.2, -0.15) is 5.10 Å². The van der Waals surface area contributed by atoms with Crippen molar-refractivity contribution < 1.29 is 9.66 Å². The quantitative estimate of drug-likeness (QED) is 0.203. The van der Waals surface area contributed by atoms with E-state index in [-0.39, 0.29) is 5.69 Å². The Morgan fingerprint density at radius 3 is 2.75 bits per heavy atom. The fourth-order valence-electron chi connectivity index (χ4n) is 2.22. The minimum Gasteiger partial charge on any atom is -0.488 e. The third-order valence-electron chi connectivity index (χ3n) is 3.65. The molecule has 3 rings (SSSR count). The first-order valence-corrected chi connectivity index (χ1v) is 9.54. The summed E-state index contributed by atoms with van der Waals surface area (Å²) < 4.78 is 6.78. The normalized spacial score (nSPS) is 10.8. The fourth-order valence-corrected chi connectivity index (χ4v) is 3.10. The van der Waals surface area contributed by atoms with E-state index in [9.17, 15) is 10.1 Å². The second-order valence-corrected chi connectivity index (χ2v) is 7.17. The van der Waals surface area contributed by atoms with Crippen LogP contribution >= 0.6 is 34.2 Å². The van der Waals surface area contributed by atoms with Crippen LogP contribution in [-0.4, -0.2) is 16.1 Å². The lowest BCUT2D eigenvalue weighted by atomic mass is 10.2. The molecular formula is C19H14ClIN4O3. The van der Waals surface area contributed by atoms with Gasteiger partial charge in [-0.1, -0.05) is 29.8 Å². The van der Waals surface area contributed by atoms with E-state index in [1.54, 1.807) is 6.21 Å². The lowest BCUT2D eigenvalue weighted by Crippen LogP contribution is -1.99. The summed E-state index contributed by atoms with van der Waals surface area (Å²) in [5, 5.41) is 15.4. The van der Waals surface area contributed by atoms with Crippen LogP contribution in [-0.2, 0) is 6.61 Å². The van der Waals surface area contributed by atoms with Crippen molar-refractivity contribution in [1.29, 1.82) is 0 Å². The van der Waals surface area contributed by atoms with Crippen LogP contribution in [0.4, 0.5) is 11.5 Å². The van der Waals surface area contributed by atoms with Crippen LogP contribution in [0.3, 0.4) is 0 Å². The molecule has 9 heteroatoms. The van der Waals surface area contributed by atoms with Crippen LogP contribution in [0.5, 0.6) is 5.75 Å². The second-order valence-electron chi connectivity index (χ2n) is 5.60. The third-order valence-corrected chi connectivity index (χ3v) is 4.86. The molecule has 0 atom stereocenters. The highest BCUT2D eigenvalue weighted by molar-refractivity contribution is 14.1. The van der Waals surface area contributed by atoms with Crippen molar-refractivity contribution in [2.24, 2.45) is 5.10 Å². The van der Waals surface area contributed by atoms with E-state index in [2.05, 4.69) is 38.1 Å². The first kappa shape index (κ1) is 20.0. The molecule has 0 saturated carbocycles. The predicted octanol–water partition coefficient (Wildman–Crippen LogP) is 5.27. The Morgan fingerprint density at radius 1 is 1.25 bits per heavy atom. The molecule has 0 bridgehead atoms. The van der Waals surface area contributed by atoms with Gasteiger partial charge in [0.15, 0.2) is 0 Å². The SMILES string of the molecule is O=[N+]([O-])c1ccc(N/N=C/c2ccc(OCc3ccccc3Cl)c(I)c2)nc1. The minimum absolute atomic E-state index is 0.0727. The molecule has 28 heavy (non-hydrogen) atoms. The van der Waals surface area contributed by atoms with Gasteiger partial charge in [-0.25, -0.2) is 4.98 Å². The van der Waals surface area contributed by atoms with Gasteiger partial charge in [0, 0.05) is 16.7 Å². The first-order valence-electron chi connectivity index (χ1n) is 8.08. The zero-order valence-electron chi connectivity index (χ0n) is 14.4. The number of pyridine rings is 1. The maximum Gasteiger partial charge on any atom is 0.287 e. The number of ether oxygens (including phenoxy) is 1. The molecule has 0 amide bonds. The summed E-state index contributed by atoms with van der Waals surface area (Å²) in [5.74, 6) is 1.17. The molecular weight excluding hydrogens is 495 g/mol. The van der Waals surface area contributed by atoms with E-state index in [1.165, 1.54) is 18.3 Å². The van der Waals surface area contributed by atoms with E-state index in [0.717, 1.165) is 20.4 Å². The molecule has 0 fully saturated rings. The van der Waals surface area contributed by atoms with Crippen LogP contribution in [0.25, 0.3) is 0 Å². The van der Waals surface area contributed by atoms with Gasteiger partial charge in [0.2, 0.25) is 0 Å². The summed E-state index contributed by atoms with van der Waals surface area (Å²) >= 11 is 8.34. The Labute approximate surface area is 179 Å². The van der Waals surface area contributed by atoms with Gasteiger partial charge in [0.05, 0.1) is 14.7 Å².